The number of carbonyl (C=O) groups excluding carboxylic acids is 2. The van der Waals surface area contributed by atoms with Crippen LogP contribution < -0.4 is 10.6 Å². The van der Waals surface area contributed by atoms with E-state index in [4.69, 9.17) is 0 Å². The third kappa shape index (κ3) is 5.85. The molecule has 5 heteroatoms. The van der Waals surface area contributed by atoms with Gasteiger partial charge in [0.15, 0.2) is 0 Å². The summed E-state index contributed by atoms with van der Waals surface area (Å²) >= 11 is 0. The van der Waals surface area contributed by atoms with Crippen molar-refractivity contribution in [3.05, 3.63) is 30.3 Å². The van der Waals surface area contributed by atoms with Crippen LogP contribution in [0.25, 0.3) is 0 Å². The molecular weight excluding hydrogens is 314 g/mol. The van der Waals surface area contributed by atoms with Gasteiger partial charge in [-0.1, -0.05) is 39.0 Å². The Morgan fingerprint density at radius 3 is 2.32 bits per heavy atom. The van der Waals surface area contributed by atoms with Gasteiger partial charge in [-0.25, -0.2) is 0 Å². The summed E-state index contributed by atoms with van der Waals surface area (Å²) in [5, 5.41) is 6.27. The van der Waals surface area contributed by atoms with Gasteiger partial charge < -0.3 is 15.5 Å². The molecule has 1 atom stereocenters. The van der Waals surface area contributed by atoms with Crippen LogP contribution in [0.2, 0.25) is 0 Å². The van der Waals surface area contributed by atoms with Gasteiger partial charge in [0.05, 0.1) is 6.54 Å². The summed E-state index contributed by atoms with van der Waals surface area (Å²) in [5.74, 6) is 0.154. The number of nitrogens with one attached hydrogen (secondary N) is 2. The van der Waals surface area contributed by atoms with E-state index in [2.05, 4.69) is 38.3 Å². The molecule has 0 radical (unpaired) electrons. The molecule has 25 heavy (non-hydrogen) atoms. The average molecular weight is 345 g/mol. The summed E-state index contributed by atoms with van der Waals surface area (Å²) in [7, 11) is 0. The molecule has 1 aliphatic rings. The molecule has 1 heterocycles. The van der Waals surface area contributed by atoms with Gasteiger partial charge in [0, 0.05) is 30.7 Å². The quantitative estimate of drug-likeness (QED) is 0.862. The number of hydrogen-bond donors (Lipinski definition) is 2. The largest absolute Gasteiger partial charge is 0.342 e. The summed E-state index contributed by atoms with van der Waals surface area (Å²) in [6, 6.07) is 9.78. The first kappa shape index (κ1) is 19.4. The van der Waals surface area contributed by atoms with Crippen LogP contribution in [0, 0.1) is 11.3 Å². The summed E-state index contributed by atoms with van der Waals surface area (Å²) in [6.07, 6.45) is 1.44. The van der Waals surface area contributed by atoms with Crippen LogP contribution in [-0.4, -0.2) is 42.4 Å². The van der Waals surface area contributed by atoms with Crippen LogP contribution in [0.3, 0.4) is 0 Å². The minimum atomic E-state index is -0.0225. The Morgan fingerprint density at radius 2 is 1.76 bits per heavy atom. The van der Waals surface area contributed by atoms with Crippen molar-refractivity contribution in [3.63, 3.8) is 0 Å². The lowest BCUT2D eigenvalue weighted by atomic mass is 9.88. The molecule has 2 amide bonds. The van der Waals surface area contributed by atoms with Crippen molar-refractivity contribution >= 4 is 17.5 Å². The van der Waals surface area contributed by atoms with E-state index in [1.807, 2.05) is 35.2 Å². The summed E-state index contributed by atoms with van der Waals surface area (Å²) in [5.41, 5.74) is 0.953. The van der Waals surface area contributed by atoms with E-state index >= 15 is 0 Å². The zero-order valence-electron chi connectivity index (χ0n) is 15.8. The normalized spacial score (nSPS) is 17.2. The highest BCUT2D eigenvalue weighted by atomic mass is 16.2. The van der Waals surface area contributed by atoms with E-state index in [-0.39, 0.29) is 29.2 Å². The van der Waals surface area contributed by atoms with Gasteiger partial charge in [-0.05, 0) is 37.3 Å². The highest BCUT2D eigenvalue weighted by Gasteiger charge is 2.28. The number of rotatable bonds is 5. The molecule has 1 saturated heterocycles. The first-order chi connectivity index (χ1) is 11.8. The molecule has 0 aliphatic carbocycles. The average Bonchev–Trinajstić information content (AvgIpc) is 2.59. The van der Waals surface area contributed by atoms with Crippen LogP contribution in [0.4, 0.5) is 5.69 Å². The summed E-state index contributed by atoms with van der Waals surface area (Å²) in [4.78, 5) is 26.6. The van der Waals surface area contributed by atoms with Crippen LogP contribution in [0.1, 0.15) is 40.5 Å². The number of amides is 2. The highest BCUT2D eigenvalue weighted by molar-refractivity contribution is 5.92. The monoisotopic (exact) mass is 345 g/mol. The lowest BCUT2D eigenvalue weighted by Gasteiger charge is -2.33. The lowest BCUT2D eigenvalue weighted by molar-refractivity contribution is -0.133. The second kappa shape index (κ2) is 8.48. The molecule has 1 fully saturated rings. The Balaban J connectivity index is 1.75. The molecule has 138 valence electrons. The van der Waals surface area contributed by atoms with Crippen molar-refractivity contribution < 1.29 is 9.59 Å². The van der Waals surface area contributed by atoms with Gasteiger partial charge in [0.1, 0.15) is 0 Å². The van der Waals surface area contributed by atoms with Crippen LogP contribution >= 0.6 is 0 Å². The summed E-state index contributed by atoms with van der Waals surface area (Å²) < 4.78 is 0. The molecule has 0 aromatic heterocycles. The Bertz CT molecular complexity index is 572. The Hall–Kier alpha value is -1.88. The molecule has 2 rings (SSSR count). The van der Waals surface area contributed by atoms with E-state index in [0.717, 1.165) is 18.5 Å². The lowest BCUT2D eigenvalue weighted by Crippen LogP contribution is -2.48. The van der Waals surface area contributed by atoms with E-state index in [9.17, 15) is 9.59 Å². The first-order valence-electron chi connectivity index (χ1n) is 9.14. The third-order valence-corrected chi connectivity index (χ3v) is 5.12. The number of benzene rings is 1. The van der Waals surface area contributed by atoms with E-state index in [1.54, 1.807) is 0 Å². The molecular formula is C20H31N3O2. The van der Waals surface area contributed by atoms with Gasteiger partial charge in [-0.3, -0.25) is 9.59 Å². The molecule has 0 bridgehead atoms. The fourth-order valence-electron chi connectivity index (χ4n) is 2.82. The van der Waals surface area contributed by atoms with Gasteiger partial charge in [0.2, 0.25) is 11.8 Å². The number of carbonyl (C=O) groups is 2. The number of para-hydroxylation sites is 1. The minimum Gasteiger partial charge on any atom is -0.342 e. The Morgan fingerprint density at radius 1 is 1.16 bits per heavy atom. The van der Waals surface area contributed by atoms with E-state index in [0.29, 0.717) is 19.6 Å². The van der Waals surface area contributed by atoms with Crippen molar-refractivity contribution in [1.29, 1.82) is 0 Å². The van der Waals surface area contributed by atoms with Gasteiger partial charge >= 0.3 is 0 Å². The molecule has 2 N–H and O–H groups in total. The van der Waals surface area contributed by atoms with Crippen molar-refractivity contribution in [2.45, 2.75) is 46.6 Å². The smallest absolute Gasteiger partial charge is 0.236 e. The van der Waals surface area contributed by atoms with Gasteiger partial charge in [-0.15, -0.1) is 0 Å². The maximum Gasteiger partial charge on any atom is 0.236 e. The van der Waals surface area contributed by atoms with Crippen molar-refractivity contribution in [2.75, 3.05) is 25.0 Å². The number of likely N-dealkylation sites (tertiary alicyclic amines) is 1. The van der Waals surface area contributed by atoms with E-state index < -0.39 is 0 Å². The fourth-order valence-corrected chi connectivity index (χ4v) is 2.82. The van der Waals surface area contributed by atoms with Gasteiger partial charge in [-0.2, -0.15) is 0 Å². The Labute approximate surface area is 151 Å². The maximum absolute atomic E-state index is 12.4. The predicted molar refractivity (Wildman–Crippen MR) is 101 cm³/mol. The van der Waals surface area contributed by atoms with Crippen molar-refractivity contribution in [1.82, 2.24) is 10.2 Å². The van der Waals surface area contributed by atoms with Crippen LogP contribution in [0.15, 0.2) is 30.3 Å². The van der Waals surface area contributed by atoms with Gasteiger partial charge in [0.25, 0.3) is 0 Å². The number of anilines is 1. The van der Waals surface area contributed by atoms with Crippen LogP contribution in [-0.2, 0) is 9.59 Å². The fraction of sp³-hybridized carbons (Fsp3) is 0.600. The zero-order chi connectivity index (χ0) is 18.4. The molecule has 0 saturated carbocycles. The minimum absolute atomic E-state index is 0.0225. The molecule has 1 aromatic rings. The molecule has 1 unspecified atom stereocenters. The predicted octanol–water partition coefficient (Wildman–Crippen LogP) is 2.89. The topological polar surface area (TPSA) is 61.4 Å². The molecule has 5 nitrogen and oxygen atoms in total. The number of nitrogens with zero attached hydrogens (tertiary/aromatic N) is 1. The second-order valence-corrected chi connectivity index (χ2v) is 7.98. The number of piperidine rings is 1. The molecule has 1 aromatic carbocycles. The zero-order valence-corrected chi connectivity index (χ0v) is 15.8. The SMILES string of the molecule is CC(NCC(=O)N1CCC(C(=O)Nc2ccccc2)CC1)C(C)(C)C. The second-order valence-electron chi connectivity index (χ2n) is 7.98. The summed E-state index contributed by atoms with van der Waals surface area (Å²) in [6.45, 7) is 10.2. The van der Waals surface area contributed by atoms with E-state index in [1.165, 1.54) is 0 Å². The van der Waals surface area contributed by atoms with Crippen LogP contribution in [0.5, 0.6) is 0 Å². The maximum atomic E-state index is 12.4. The number of hydrogen-bond acceptors (Lipinski definition) is 3. The Kier molecular flexibility index (Phi) is 6.59. The molecule has 0 spiro atoms. The standard InChI is InChI=1S/C20H31N3O2/c1-15(20(2,3)4)21-14-18(24)23-12-10-16(11-13-23)19(25)22-17-8-6-5-7-9-17/h5-9,15-16,21H,10-14H2,1-4H3,(H,22,25). The van der Waals surface area contributed by atoms with Crippen molar-refractivity contribution in [3.8, 4) is 0 Å². The third-order valence-electron chi connectivity index (χ3n) is 5.12. The first-order valence-corrected chi connectivity index (χ1v) is 9.14. The highest BCUT2D eigenvalue weighted by Crippen LogP contribution is 2.20. The van der Waals surface area contributed by atoms with Crippen molar-refractivity contribution in [2.24, 2.45) is 11.3 Å². The molecule has 1 aliphatic heterocycles.